The van der Waals surface area contributed by atoms with Gasteiger partial charge in [0.15, 0.2) is 17.3 Å². The summed E-state index contributed by atoms with van der Waals surface area (Å²) < 4.78 is 23.4. The lowest BCUT2D eigenvalue weighted by Crippen LogP contribution is -2.35. The predicted molar refractivity (Wildman–Crippen MR) is 166 cm³/mol. The van der Waals surface area contributed by atoms with Gasteiger partial charge in [-0.05, 0) is 72.6 Å². The van der Waals surface area contributed by atoms with E-state index in [-0.39, 0.29) is 18.0 Å². The topological polar surface area (TPSA) is 106 Å². The molecule has 0 unspecified atom stereocenters. The lowest BCUT2D eigenvalue weighted by Gasteiger charge is -2.20. The highest BCUT2D eigenvalue weighted by atomic mass is 32.2. The molecule has 1 N–H and O–H groups in total. The van der Waals surface area contributed by atoms with Gasteiger partial charge in [0.05, 0.1) is 12.2 Å². The molecule has 0 saturated heterocycles. The summed E-state index contributed by atoms with van der Waals surface area (Å²) in [6.45, 7) is 6.97. The van der Waals surface area contributed by atoms with Crippen molar-refractivity contribution in [1.82, 2.24) is 5.01 Å². The fourth-order valence-corrected chi connectivity index (χ4v) is 4.99. The highest BCUT2D eigenvalue weighted by Gasteiger charge is 2.35. The summed E-state index contributed by atoms with van der Waals surface area (Å²) >= 11 is 1.21. The third-order valence-corrected chi connectivity index (χ3v) is 7.00. The van der Waals surface area contributed by atoms with Crippen LogP contribution in [-0.2, 0) is 11.2 Å². The third-order valence-electron chi connectivity index (χ3n) is 6.12. The van der Waals surface area contributed by atoms with E-state index in [2.05, 4.69) is 16.7 Å². The van der Waals surface area contributed by atoms with Crippen molar-refractivity contribution >= 4 is 39.8 Å². The maximum atomic E-state index is 12.9. The van der Waals surface area contributed by atoms with Crippen LogP contribution in [0.3, 0.4) is 0 Å². The number of para-hydroxylation sites is 2. The van der Waals surface area contributed by atoms with Crippen LogP contribution in [0.15, 0.2) is 101 Å². The number of carbonyl (C=O) groups is 1. The van der Waals surface area contributed by atoms with E-state index in [1.54, 1.807) is 24.3 Å². The van der Waals surface area contributed by atoms with Crippen molar-refractivity contribution in [2.24, 2.45) is 10.1 Å². The molecule has 2 heterocycles. The minimum Gasteiger partial charge on any atom is -0.490 e. The number of ether oxygens (including phenoxy) is 4. The standard InChI is InChI=1S/C32H30N4O5S/c1-3-10-23-11-8-9-14-26(23)39-17-18-40-27-16-15-22(20-28(27)38-4-2)19-25-30(33)36-32(34-31(25)37)42-29(35-36)21-41-24-12-6-5-7-13-24/h3,5-9,11-16,19-20,33H,1,4,10,17-18,21H2,2H3. The van der Waals surface area contributed by atoms with Crippen molar-refractivity contribution in [2.45, 2.75) is 13.3 Å². The molecule has 3 aromatic rings. The number of thioether (sulfide) groups is 1. The molecule has 0 atom stereocenters. The smallest absolute Gasteiger partial charge is 0.283 e. The van der Waals surface area contributed by atoms with Crippen molar-refractivity contribution in [1.29, 1.82) is 5.41 Å². The van der Waals surface area contributed by atoms with Gasteiger partial charge in [0.2, 0.25) is 5.17 Å². The molecule has 2 aliphatic heterocycles. The van der Waals surface area contributed by atoms with Gasteiger partial charge >= 0.3 is 0 Å². The number of benzene rings is 3. The van der Waals surface area contributed by atoms with Crippen molar-refractivity contribution in [3.8, 4) is 23.0 Å². The number of amides is 1. The van der Waals surface area contributed by atoms with Gasteiger partial charge < -0.3 is 18.9 Å². The van der Waals surface area contributed by atoms with Crippen molar-refractivity contribution in [3.63, 3.8) is 0 Å². The number of amidine groups is 2. The van der Waals surface area contributed by atoms with Crippen molar-refractivity contribution < 1.29 is 23.7 Å². The minimum atomic E-state index is -0.508. The van der Waals surface area contributed by atoms with Crippen LogP contribution in [0.5, 0.6) is 23.0 Å². The van der Waals surface area contributed by atoms with Gasteiger partial charge in [0.25, 0.3) is 5.91 Å². The van der Waals surface area contributed by atoms with Crippen molar-refractivity contribution in [2.75, 3.05) is 26.4 Å². The molecule has 0 saturated carbocycles. The molecular formula is C32H30N4O5S. The Morgan fingerprint density at radius 3 is 2.48 bits per heavy atom. The molecular weight excluding hydrogens is 552 g/mol. The fraction of sp³-hybridized carbons (Fsp3) is 0.188. The second-order valence-electron chi connectivity index (χ2n) is 9.05. The summed E-state index contributed by atoms with van der Waals surface area (Å²) in [6.07, 6.45) is 4.17. The van der Waals surface area contributed by atoms with Crippen LogP contribution in [0.2, 0.25) is 0 Å². The fourth-order valence-electron chi connectivity index (χ4n) is 4.19. The SMILES string of the molecule is C=CCc1ccccc1OCCOc1ccc(C=C2C(=N)N3N=C(COc4ccccc4)SC3=NC2=O)cc1OCC. The molecule has 5 rings (SSSR count). The first-order chi connectivity index (χ1) is 20.6. The highest BCUT2D eigenvalue weighted by molar-refractivity contribution is 8.27. The summed E-state index contributed by atoms with van der Waals surface area (Å²) in [6, 6.07) is 22.6. The molecule has 9 nitrogen and oxygen atoms in total. The van der Waals surface area contributed by atoms with Gasteiger partial charge in [0, 0.05) is 0 Å². The zero-order chi connectivity index (χ0) is 29.3. The Balaban J connectivity index is 1.24. The second-order valence-corrected chi connectivity index (χ2v) is 10.1. The molecule has 10 heteroatoms. The lowest BCUT2D eigenvalue weighted by molar-refractivity contribution is -0.114. The number of aliphatic imine (C=N–C) groups is 1. The molecule has 42 heavy (non-hydrogen) atoms. The first kappa shape index (κ1) is 28.7. The quantitative estimate of drug-likeness (QED) is 0.150. The van der Waals surface area contributed by atoms with E-state index in [9.17, 15) is 4.79 Å². The molecule has 0 radical (unpaired) electrons. The molecule has 3 aromatic carbocycles. The predicted octanol–water partition coefficient (Wildman–Crippen LogP) is 5.97. The number of hydrazone groups is 1. The molecule has 0 aromatic heterocycles. The number of hydrogen-bond acceptors (Lipinski definition) is 8. The van der Waals surface area contributed by atoms with Gasteiger partial charge in [-0.15, -0.1) is 6.58 Å². The largest absolute Gasteiger partial charge is 0.490 e. The first-order valence-electron chi connectivity index (χ1n) is 13.4. The summed E-state index contributed by atoms with van der Waals surface area (Å²) in [7, 11) is 0. The molecule has 214 valence electrons. The molecule has 0 aliphatic carbocycles. The Morgan fingerprint density at radius 1 is 0.929 bits per heavy atom. The number of nitrogens with one attached hydrogen (secondary N) is 1. The van der Waals surface area contributed by atoms with Gasteiger partial charge in [-0.3, -0.25) is 10.2 Å². The zero-order valence-corrected chi connectivity index (χ0v) is 23.9. The maximum absolute atomic E-state index is 12.9. The minimum absolute atomic E-state index is 0.0561. The average molecular weight is 583 g/mol. The number of nitrogens with zero attached hydrogens (tertiary/aromatic N) is 3. The Kier molecular flexibility index (Phi) is 9.35. The number of rotatable bonds is 13. The summed E-state index contributed by atoms with van der Waals surface area (Å²) in [5.41, 5.74) is 1.85. The maximum Gasteiger partial charge on any atom is 0.283 e. The van der Waals surface area contributed by atoms with Gasteiger partial charge in [-0.2, -0.15) is 15.1 Å². The van der Waals surface area contributed by atoms with Crippen LogP contribution in [0, 0.1) is 5.41 Å². The van der Waals surface area contributed by atoms with Crippen LogP contribution >= 0.6 is 11.8 Å². The van der Waals surface area contributed by atoms with Crippen LogP contribution in [0.1, 0.15) is 18.1 Å². The van der Waals surface area contributed by atoms with E-state index in [1.807, 2.05) is 67.6 Å². The Bertz CT molecular complexity index is 1570. The number of carbonyl (C=O) groups excluding carboxylic acids is 1. The van der Waals surface area contributed by atoms with Crippen LogP contribution in [0.4, 0.5) is 0 Å². The highest BCUT2D eigenvalue weighted by Crippen LogP contribution is 2.32. The van der Waals surface area contributed by atoms with Gasteiger partial charge in [-0.1, -0.05) is 48.5 Å². The zero-order valence-electron chi connectivity index (χ0n) is 23.1. The Labute approximate surface area is 248 Å². The summed E-state index contributed by atoms with van der Waals surface area (Å²) in [5, 5.41) is 15.4. The van der Waals surface area contributed by atoms with Crippen molar-refractivity contribution in [3.05, 3.63) is 102 Å². The lowest BCUT2D eigenvalue weighted by atomic mass is 10.1. The molecule has 0 fully saturated rings. The third kappa shape index (κ3) is 6.90. The van der Waals surface area contributed by atoms with Crippen LogP contribution in [-0.4, -0.2) is 53.4 Å². The van der Waals surface area contributed by atoms with Crippen LogP contribution < -0.4 is 18.9 Å². The number of hydrogen-bond donors (Lipinski definition) is 1. The van der Waals surface area contributed by atoms with Gasteiger partial charge in [0.1, 0.15) is 36.4 Å². The summed E-state index contributed by atoms with van der Waals surface area (Å²) in [5.74, 6) is 2.02. The summed E-state index contributed by atoms with van der Waals surface area (Å²) in [4.78, 5) is 17.0. The monoisotopic (exact) mass is 582 g/mol. The average Bonchev–Trinajstić information content (AvgIpc) is 3.42. The van der Waals surface area contributed by atoms with E-state index in [1.165, 1.54) is 16.8 Å². The van der Waals surface area contributed by atoms with E-state index in [0.717, 1.165) is 17.7 Å². The second kappa shape index (κ2) is 13.7. The first-order valence-corrected chi connectivity index (χ1v) is 14.3. The van der Waals surface area contributed by atoms with E-state index in [4.69, 9.17) is 24.4 Å². The van der Waals surface area contributed by atoms with E-state index < -0.39 is 5.91 Å². The van der Waals surface area contributed by atoms with E-state index in [0.29, 0.717) is 52.8 Å². The number of allylic oxidation sites excluding steroid dienone is 1. The molecule has 0 bridgehead atoms. The number of fused-ring (bicyclic) bond motifs is 1. The molecule has 2 aliphatic rings. The molecule has 0 spiro atoms. The Morgan fingerprint density at radius 2 is 1.69 bits per heavy atom. The van der Waals surface area contributed by atoms with E-state index >= 15 is 0 Å². The normalized spacial score (nSPS) is 15.2. The Hall–Kier alpha value is -4.83. The van der Waals surface area contributed by atoms with Gasteiger partial charge in [-0.25, -0.2) is 0 Å². The molecule has 1 amide bonds. The van der Waals surface area contributed by atoms with Crippen LogP contribution in [0.25, 0.3) is 6.08 Å².